The zero-order valence-corrected chi connectivity index (χ0v) is 27.9. The molecule has 8 aromatic carbocycles. The Morgan fingerprint density at radius 2 is 0.904 bits per heavy atom. The molecule has 5 heteroatoms. The van der Waals surface area contributed by atoms with Crippen molar-refractivity contribution < 1.29 is 4.42 Å². The normalized spacial score (nSPS) is 11.8. The summed E-state index contributed by atoms with van der Waals surface area (Å²) in [7, 11) is 0. The average molecular weight is 665 g/mol. The van der Waals surface area contributed by atoms with E-state index < -0.39 is 0 Å². The van der Waals surface area contributed by atoms with Gasteiger partial charge in [0, 0.05) is 38.2 Å². The van der Waals surface area contributed by atoms with Crippen LogP contribution < -0.4 is 0 Å². The van der Waals surface area contributed by atoms with E-state index in [9.17, 15) is 0 Å². The number of rotatable bonds is 4. The van der Waals surface area contributed by atoms with Crippen molar-refractivity contribution >= 4 is 65.3 Å². The zero-order chi connectivity index (χ0) is 34.2. The Morgan fingerprint density at radius 1 is 0.404 bits per heavy atom. The van der Waals surface area contributed by atoms with Crippen LogP contribution in [-0.4, -0.2) is 19.5 Å². The predicted octanol–water partition coefficient (Wildman–Crippen LogP) is 12.2. The van der Waals surface area contributed by atoms with Crippen molar-refractivity contribution in [1.82, 2.24) is 19.5 Å². The first-order valence-corrected chi connectivity index (χ1v) is 17.4. The van der Waals surface area contributed by atoms with Crippen molar-refractivity contribution in [1.29, 1.82) is 0 Å². The van der Waals surface area contributed by atoms with Crippen molar-refractivity contribution in [3.05, 3.63) is 170 Å². The number of benzene rings is 8. The second-order valence-corrected chi connectivity index (χ2v) is 13.2. The largest absolute Gasteiger partial charge is 0.454 e. The molecular formula is C47H28N4O. The number of fused-ring (bicyclic) bond motifs is 8. The maximum atomic E-state index is 6.88. The van der Waals surface area contributed by atoms with Gasteiger partial charge in [0.05, 0.1) is 16.7 Å². The fourth-order valence-corrected chi connectivity index (χ4v) is 7.77. The Bertz CT molecular complexity index is 3030. The van der Waals surface area contributed by atoms with Crippen LogP contribution in [0.25, 0.3) is 105 Å². The van der Waals surface area contributed by atoms with Crippen LogP contribution in [0.5, 0.6) is 0 Å². The summed E-state index contributed by atoms with van der Waals surface area (Å²) in [6, 6.07) is 59.2. The van der Waals surface area contributed by atoms with Crippen LogP contribution in [0.3, 0.4) is 0 Å². The molecule has 0 fully saturated rings. The van der Waals surface area contributed by atoms with Gasteiger partial charge in [-0.3, -0.25) is 0 Å². The summed E-state index contributed by atoms with van der Waals surface area (Å²) in [4.78, 5) is 15.1. The predicted molar refractivity (Wildman–Crippen MR) is 213 cm³/mol. The minimum absolute atomic E-state index is 0.598. The minimum Gasteiger partial charge on any atom is -0.454 e. The Hall–Kier alpha value is -7.11. The van der Waals surface area contributed by atoms with E-state index in [-0.39, 0.29) is 0 Å². The van der Waals surface area contributed by atoms with Gasteiger partial charge < -0.3 is 8.98 Å². The van der Waals surface area contributed by atoms with Crippen LogP contribution in [0, 0.1) is 0 Å². The van der Waals surface area contributed by atoms with Crippen molar-refractivity contribution in [2.24, 2.45) is 0 Å². The minimum atomic E-state index is 0.598. The smallest absolute Gasteiger partial charge is 0.164 e. The molecule has 242 valence electrons. The van der Waals surface area contributed by atoms with Crippen LogP contribution in [0.2, 0.25) is 0 Å². The number of hydrogen-bond acceptors (Lipinski definition) is 4. The lowest BCUT2D eigenvalue weighted by Gasteiger charge is -2.10. The zero-order valence-electron chi connectivity index (χ0n) is 27.9. The van der Waals surface area contributed by atoms with Crippen molar-refractivity contribution in [3.8, 4) is 39.9 Å². The Labute approximate surface area is 298 Å². The fraction of sp³-hybridized carbons (Fsp3) is 0. The van der Waals surface area contributed by atoms with E-state index in [4.69, 9.17) is 19.4 Å². The first kappa shape index (κ1) is 28.7. The Balaban J connectivity index is 1.20. The number of aromatic nitrogens is 4. The maximum absolute atomic E-state index is 6.88. The highest BCUT2D eigenvalue weighted by Gasteiger charge is 2.22. The molecule has 0 N–H and O–H groups in total. The molecule has 0 amide bonds. The van der Waals surface area contributed by atoms with Crippen LogP contribution in [0.1, 0.15) is 0 Å². The van der Waals surface area contributed by atoms with Crippen molar-refractivity contribution in [2.75, 3.05) is 0 Å². The number of nitrogens with zero attached hydrogens (tertiary/aromatic N) is 4. The van der Waals surface area contributed by atoms with Gasteiger partial charge in [-0.25, -0.2) is 15.0 Å². The molecule has 3 aromatic heterocycles. The Kier molecular flexibility index (Phi) is 6.18. The highest BCUT2D eigenvalue weighted by Crippen LogP contribution is 2.42. The molecule has 11 rings (SSSR count). The quantitative estimate of drug-likeness (QED) is 0.188. The first-order chi connectivity index (χ1) is 25.8. The van der Waals surface area contributed by atoms with Crippen molar-refractivity contribution in [3.63, 3.8) is 0 Å². The third-order valence-electron chi connectivity index (χ3n) is 10.2. The highest BCUT2D eigenvalue weighted by atomic mass is 16.3. The van der Waals surface area contributed by atoms with E-state index in [2.05, 4.69) is 102 Å². The highest BCUT2D eigenvalue weighted by molar-refractivity contribution is 6.19. The fourth-order valence-electron chi connectivity index (χ4n) is 7.77. The lowest BCUT2D eigenvalue weighted by molar-refractivity contribution is 0.666. The molecule has 0 atom stereocenters. The van der Waals surface area contributed by atoms with E-state index in [1.165, 1.54) is 32.3 Å². The lowest BCUT2D eigenvalue weighted by Crippen LogP contribution is -2.00. The van der Waals surface area contributed by atoms with Gasteiger partial charge in [-0.1, -0.05) is 133 Å². The molecule has 0 aliphatic rings. The second-order valence-electron chi connectivity index (χ2n) is 13.2. The Morgan fingerprint density at radius 3 is 1.48 bits per heavy atom. The van der Waals surface area contributed by atoms with Gasteiger partial charge in [0.2, 0.25) is 0 Å². The third-order valence-corrected chi connectivity index (χ3v) is 10.2. The molecule has 0 saturated carbocycles. The van der Waals surface area contributed by atoms with Gasteiger partial charge in [-0.2, -0.15) is 0 Å². The van der Waals surface area contributed by atoms with Gasteiger partial charge in [-0.05, 0) is 57.9 Å². The summed E-state index contributed by atoms with van der Waals surface area (Å²) in [6.07, 6.45) is 0. The molecule has 0 aliphatic carbocycles. The first-order valence-electron chi connectivity index (χ1n) is 17.4. The van der Waals surface area contributed by atoms with Crippen LogP contribution >= 0.6 is 0 Å². The monoisotopic (exact) mass is 664 g/mol. The van der Waals surface area contributed by atoms with Crippen LogP contribution in [0.4, 0.5) is 0 Å². The van der Waals surface area contributed by atoms with E-state index >= 15 is 0 Å². The van der Waals surface area contributed by atoms with E-state index in [0.29, 0.717) is 17.5 Å². The molecule has 0 radical (unpaired) electrons. The van der Waals surface area contributed by atoms with E-state index in [1.807, 2.05) is 72.8 Å². The number of furan rings is 1. The van der Waals surface area contributed by atoms with E-state index in [1.54, 1.807) is 0 Å². The molecule has 0 bridgehead atoms. The summed E-state index contributed by atoms with van der Waals surface area (Å²) in [6.45, 7) is 0. The molecular weight excluding hydrogens is 637 g/mol. The van der Waals surface area contributed by atoms with Crippen LogP contribution in [0.15, 0.2) is 174 Å². The molecule has 5 nitrogen and oxygen atoms in total. The van der Waals surface area contributed by atoms with Gasteiger partial charge in [0.25, 0.3) is 0 Å². The van der Waals surface area contributed by atoms with E-state index in [0.717, 1.165) is 55.3 Å². The van der Waals surface area contributed by atoms with Crippen LogP contribution in [-0.2, 0) is 0 Å². The molecule has 11 aromatic rings. The molecule has 0 unspecified atom stereocenters. The summed E-state index contributed by atoms with van der Waals surface area (Å²) < 4.78 is 9.25. The molecule has 52 heavy (non-hydrogen) atoms. The summed E-state index contributed by atoms with van der Waals surface area (Å²) in [5.41, 5.74) is 7.59. The van der Waals surface area contributed by atoms with Gasteiger partial charge >= 0.3 is 0 Å². The maximum Gasteiger partial charge on any atom is 0.164 e. The number of para-hydroxylation sites is 1. The molecule has 0 saturated heterocycles. The lowest BCUT2D eigenvalue weighted by atomic mass is 10.0. The topological polar surface area (TPSA) is 56.7 Å². The van der Waals surface area contributed by atoms with Gasteiger partial charge in [-0.15, -0.1) is 0 Å². The standard InChI is InChI=1S/C47H28N4O/c1-3-13-29(14-4-1)45-48-46(30-15-5-2-6-16-30)50-47(49-45)36-22-12-24-42-43(36)35-21-11-23-39(44(35)52-42)51-40-27-33-19-9-7-17-31(33)25-37(40)38-26-32-18-8-10-20-34(32)28-41(38)51/h1-28H. The average Bonchev–Trinajstić information content (AvgIpc) is 3.74. The molecule has 0 aliphatic heterocycles. The second kappa shape index (κ2) is 11.2. The number of hydrogen-bond donors (Lipinski definition) is 0. The third kappa shape index (κ3) is 4.39. The summed E-state index contributed by atoms with van der Waals surface area (Å²) in [5.74, 6) is 1.85. The van der Waals surface area contributed by atoms with Gasteiger partial charge in [0.15, 0.2) is 23.1 Å². The molecule has 0 spiro atoms. The van der Waals surface area contributed by atoms with Gasteiger partial charge in [0.1, 0.15) is 5.58 Å². The SMILES string of the molecule is c1ccc(-c2nc(-c3ccccc3)nc(-c3cccc4oc5c(-n6c7cc8ccccc8cc7c7cc8ccccc8cc76)cccc5c34)n2)cc1. The summed E-state index contributed by atoms with van der Waals surface area (Å²) in [5, 5.41) is 9.22. The molecule has 3 heterocycles. The van der Waals surface area contributed by atoms with Crippen molar-refractivity contribution in [2.45, 2.75) is 0 Å². The summed E-state index contributed by atoms with van der Waals surface area (Å²) >= 11 is 0.